The molecule has 0 heterocycles. The summed E-state index contributed by atoms with van der Waals surface area (Å²) in [5, 5.41) is 15.8. The molecule has 0 saturated heterocycles. The molecule has 6 heteroatoms. The molecule has 5 nitrogen and oxygen atoms in total. The second-order valence-corrected chi connectivity index (χ2v) is 5.97. The number of anilines is 1. The zero-order valence-electron chi connectivity index (χ0n) is 13.2. The van der Waals surface area contributed by atoms with Crippen LogP contribution in [0.25, 0.3) is 6.08 Å². The van der Waals surface area contributed by atoms with Crippen molar-refractivity contribution in [3.05, 3.63) is 29.8 Å². The third-order valence-electron chi connectivity index (χ3n) is 3.83. The van der Waals surface area contributed by atoms with Gasteiger partial charge in [0, 0.05) is 12.1 Å². The Kier molecular flexibility index (Phi) is 6.40. The molecule has 0 aromatic heterocycles. The van der Waals surface area contributed by atoms with Crippen molar-refractivity contribution in [2.24, 2.45) is 0 Å². The minimum absolute atomic E-state index is 0.421. The van der Waals surface area contributed by atoms with E-state index in [0.29, 0.717) is 22.6 Å². The number of ether oxygens (including phenoxy) is 1. The molecule has 0 spiro atoms. The van der Waals surface area contributed by atoms with E-state index in [0.717, 1.165) is 24.5 Å². The lowest BCUT2D eigenvalue weighted by Crippen LogP contribution is -2.38. The normalized spacial score (nSPS) is 15.3. The Morgan fingerprint density at radius 2 is 2.09 bits per heavy atom. The van der Waals surface area contributed by atoms with Crippen LogP contribution in [0, 0.1) is 0 Å². The molecule has 1 fully saturated rings. The summed E-state index contributed by atoms with van der Waals surface area (Å²) < 4.78 is 5.33. The number of carbonyl (C=O) groups is 1. The highest BCUT2D eigenvalue weighted by atomic mass is 32.1. The Morgan fingerprint density at radius 3 is 2.74 bits per heavy atom. The van der Waals surface area contributed by atoms with E-state index in [-0.39, 0.29) is 0 Å². The smallest absolute Gasteiger partial charge is 0.328 e. The molecule has 1 aromatic carbocycles. The maximum Gasteiger partial charge on any atom is 0.328 e. The molecule has 1 saturated carbocycles. The third kappa shape index (κ3) is 5.56. The molecule has 0 bridgehead atoms. The number of benzene rings is 1. The van der Waals surface area contributed by atoms with Crippen LogP contribution in [-0.2, 0) is 4.79 Å². The molecule has 0 amide bonds. The fourth-order valence-corrected chi connectivity index (χ4v) is 2.96. The number of carboxylic acid groups (broad SMARTS) is 1. The summed E-state index contributed by atoms with van der Waals surface area (Å²) >= 11 is 5.38. The van der Waals surface area contributed by atoms with Crippen LogP contribution in [0.1, 0.15) is 37.7 Å². The van der Waals surface area contributed by atoms with Gasteiger partial charge in [0.25, 0.3) is 0 Å². The molecule has 1 aliphatic rings. The Balaban J connectivity index is 2.05. The number of carboxylic acids is 1. The standard InChI is InChI=1S/C17H22N2O3S/c1-22-15-9-7-12(8-10-16(20)21)11-14(15)19-17(23)18-13-5-3-2-4-6-13/h7-11,13H,2-6H2,1H3,(H,20,21)(H2,18,19,23)/b10-8+. The lowest BCUT2D eigenvalue weighted by molar-refractivity contribution is -0.131. The van der Waals surface area contributed by atoms with E-state index < -0.39 is 5.97 Å². The van der Waals surface area contributed by atoms with Crippen LogP contribution in [0.5, 0.6) is 5.75 Å². The molecular weight excluding hydrogens is 312 g/mol. The van der Waals surface area contributed by atoms with Crippen LogP contribution < -0.4 is 15.4 Å². The summed E-state index contributed by atoms with van der Waals surface area (Å²) in [5.74, 6) is -0.324. The highest BCUT2D eigenvalue weighted by Gasteiger charge is 2.14. The van der Waals surface area contributed by atoms with E-state index in [4.69, 9.17) is 22.1 Å². The number of methoxy groups -OCH3 is 1. The van der Waals surface area contributed by atoms with Crippen LogP contribution in [0.3, 0.4) is 0 Å². The van der Waals surface area contributed by atoms with Crippen molar-refractivity contribution in [2.75, 3.05) is 12.4 Å². The fourth-order valence-electron chi connectivity index (χ4n) is 2.69. The summed E-state index contributed by atoms with van der Waals surface area (Å²) in [4.78, 5) is 10.6. The molecule has 0 atom stereocenters. The van der Waals surface area contributed by atoms with Gasteiger partial charge in [-0.15, -0.1) is 0 Å². The summed E-state index contributed by atoms with van der Waals surface area (Å²) in [6.45, 7) is 0. The predicted molar refractivity (Wildman–Crippen MR) is 95.9 cm³/mol. The van der Waals surface area contributed by atoms with Crippen LogP contribution in [-0.4, -0.2) is 29.3 Å². The van der Waals surface area contributed by atoms with Gasteiger partial charge < -0.3 is 20.5 Å². The topological polar surface area (TPSA) is 70.6 Å². The van der Waals surface area contributed by atoms with Gasteiger partial charge in [-0.05, 0) is 48.8 Å². The van der Waals surface area contributed by atoms with Gasteiger partial charge in [0.05, 0.1) is 12.8 Å². The Morgan fingerprint density at radius 1 is 1.35 bits per heavy atom. The minimum Gasteiger partial charge on any atom is -0.495 e. The molecule has 0 radical (unpaired) electrons. The molecule has 0 aliphatic heterocycles. The Bertz CT molecular complexity index is 596. The number of hydrogen-bond acceptors (Lipinski definition) is 3. The Hall–Kier alpha value is -2.08. The van der Waals surface area contributed by atoms with Crippen LogP contribution in [0.15, 0.2) is 24.3 Å². The van der Waals surface area contributed by atoms with Gasteiger partial charge in [-0.25, -0.2) is 4.79 Å². The monoisotopic (exact) mass is 334 g/mol. The van der Waals surface area contributed by atoms with Crippen molar-refractivity contribution in [2.45, 2.75) is 38.1 Å². The zero-order valence-corrected chi connectivity index (χ0v) is 14.0. The van der Waals surface area contributed by atoms with Gasteiger partial charge in [-0.2, -0.15) is 0 Å². The van der Waals surface area contributed by atoms with Crippen LogP contribution in [0.4, 0.5) is 5.69 Å². The minimum atomic E-state index is -0.982. The lowest BCUT2D eigenvalue weighted by Gasteiger charge is -2.24. The summed E-state index contributed by atoms with van der Waals surface area (Å²) in [6, 6.07) is 5.81. The highest BCUT2D eigenvalue weighted by molar-refractivity contribution is 7.80. The SMILES string of the molecule is COc1ccc(/C=C/C(=O)O)cc1NC(=S)NC1CCCCC1. The molecular formula is C17H22N2O3S. The van der Waals surface area contributed by atoms with Gasteiger partial charge >= 0.3 is 5.97 Å². The number of thiocarbonyl (C=S) groups is 1. The molecule has 1 aromatic rings. The molecule has 23 heavy (non-hydrogen) atoms. The number of hydrogen-bond donors (Lipinski definition) is 3. The predicted octanol–water partition coefficient (Wildman–Crippen LogP) is 3.41. The number of aliphatic carboxylic acids is 1. The zero-order chi connectivity index (χ0) is 16.7. The largest absolute Gasteiger partial charge is 0.495 e. The van der Waals surface area contributed by atoms with Gasteiger partial charge in [0.15, 0.2) is 5.11 Å². The van der Waals surface area contributed by atoms with Gasteiger partial charge in [0.1, 0.15) is 5.75 Å². The van der Waals surface area contributed by atoms with Crippen LogP contribution in [0.2, 0.25) is 0 Å². The summed E-state index contributed by atoms with van der Waals surface area (Å²) in [5.41, 5.74) is 1.48. The van der Waals surface area contributed by atoms with E-state index in [9.17, 15) is 4.79 Å². The van der Waals surface area contributed by atoms with Crippen molar-refractivity contribution in [1.82, 2.24) is 5.32 Å². The first-order valence-electron chi connectivity index (χ1n) is 7.75. The van der Waals surface area contributed by atoms with Gasteiger partial charge in [-0.3, -0.25) is 0 Å². The van der Waals surface area contributed by atoms with E-state index in [1.165, 1.54) is 25.3 Å². The fraction of sp³-hybridized carbons (Fsp3) is 0.412. The van der Waals surface area contributed by atoms with Crippen LogP contribution >= 0.6 is 12.2 Å². The first-order chi connectivity index (χ1) is 11.1. The molecule has 0 unspecified atom stereocenters. The molecule has 124 valence electrons. The van der Waals surface area contributed by atoms with E-state index in [1.807, 2.05) is 6.07 Å². The highest BCUT2D eigenvalue weighted by Crippen LogP contribution is 2.26. The maximum absolute atomic E-state index is 10.6. The Labute approximate surface area is 141 Å². The van der Waals surface area contributed by atoms with Gasteiger partial charge in [0.2, 0.25) is 0 Å². The van der Waals surface area contributed by atoms with Crippen molar-refractivity contribution in [1.29, 1.82) is 0 Å². The van der Waals surface area contributed by atoms with Crippen molar-refractivity contribution < 1.29 is 14.6 Å². The number of nitrogens with one attached hydrogen (secondary N) is 2. The molecule has 1 aliphatic carbocycles. The summed E-state index contributed by atoms with van der Waals surface area (Å²) in [6.07, 6.45) is 8.68. The van der Waals surface area contributed by atoms with Crippen molar-refractivity contribution >= 4 is 35.1 Å². The average molecular weight is 334 g/mol. The maximum atomic E-state index is 10.6. The van der Waals surface area contributed by atoms with E-state index in [2.05, 4.69) is 10.6 Å². The number of rotatable bonds is 5. The lowest BCUT2D eigenvalue weighted by atomic mass is 9.96. The van der Waals surface area contributed by atoms with E-state index >= 15 is 0 Å². The molecule has 3 N–H and O–H groups in total. The first-order valence-corrected chi connectivity index (χ1v) is 8.16. The summed E-state index contributed by atoms with van der Waals surface area (Å²) in [7, 11) is 1.59. The third-order valence-corrected chi connectivity index (χ3v) is 4.05. The second-order valence-electron chi connectivity index (χ2n) is 5.56. The van der Waals surface area contributed by atoms with Gasteiger partial charge in [-0.1, -0.05) is 25.3 Å². The first kappa shape index (κ1) is 17.3. The quantitative estimate of drug-likeness (QED) is 0.566. The van der Waals surface area contributed by atoms with Crippen molar-refractivity contribution in [3.63, 3.8) is 0 Å². The van der Waals surface area contributed by atoms with Crippen molar-refractivity contribution in [3.8, 4) is 5.75 Å². The van der Waals surface area contributed by atoms with E-state index in [1.54, 1.807) is 19.2 Å². The molecule has 2 rings (SSSR count). The second kappa shape index (κ2) is 8.53. The average Bonchev–Trinajstić information content (AvgIpc) is 2.54.